The standard InChI is InChI=1S/C26H18BrN3O5/c1-15(26(32)33)34-21-9-5-2-6-16(21)14-28-30-24(29-20-8-4-3-7-19(20)25(30)31)23-13-17-12-18(27)10-11-22(17)35-23/h2-15H,1H3,(H,32,33)/t15-/m0/s1. The van der Waals surface area contributed by atoms with Crippen LogP contribution in [0.3, 0.4) is 0 Å². The van der Waals surface area contributed by atoms with Crippen LogP contribution in [0.1, 0.15) is 12.5 Å². The van der Waals surface area contributed by atoms with Crippen LogP contribution in [0.5, 0.6) is 5.75 Å². The number of aliphatic carboxylic acids is 1. The molecule has 174 valence electrons. The SMILES string of the molecule is C[C@H](Oc1ccccc1C=Nn1c(-c2cc3cc(Br)ccc3o2)nc2ccccc2c1=O)C(=O)O. The number of carbonyl (C=O) groups is 1. The Balaban J connectivity index is 1.66. The Hall–Kier alpha value is -4.24. The van der Waals surface area contributed by atoms with Crippen molar-refractivity contribution in [2.24, 2.45) is 5.10 Å². The lowest BCUT2D eigenvalue weighted by Gasteiger charge is -2.12. The van der Waals surface area contributed by atoms with Crippen molar-refractivity contribution in [3.8, 4) is 17.3 Å². The second kappa shape index (κ2) is 9.19. The van der Waals surface area contributed by atoms with Gasteiger partial charge in [-0.2, -0.15) is 9.78 Å². The molecule has 2 aromatic heterocycles. The first-order valence-corrected chi connectivity index (χ1v) is 11.4. The highest BCUT2D eigenvalue weighted by atomic mass is 79.9. The van der Waals surface area contributed by atoms with Gasteiger partial charge in [-0.3, -0.25) is 4.79 Å². The summed E-state index contributed by atoms with van der Waals surface area (Å²) in [5.74, 6) is -0.162. The molecule has 0 aliphatic carbocycles. The van der Waals surface area contributed by atoms with Crippen LogP contribution in [-0.2, 0) is 4.79 Å². The number of carboxylic acids is 1. The van der Waals surface area contributed by atoms with Gasteiger partial charge < -0.3 is 14.3 Å². The van der Waals surface area contributed by atoms with Gasteiger partial charge in [0.2, 0.25) is 5.82 Å². The number of furan rings is 1. The van der Waals surface area contributed by atoms with Crippen molar-refractivity contribution in [3.63, 3.8) is 0 Å². The molecule has 0 spiro atoms. The number of fused-ring (bicyclic) bond motifs is 2. The lowest BCUT2D eigenvalue weighted by Crippen LogP contribution is -2.23. The molecule has 0 saturated carbocycles. The van der Waals surface area contributed by atoms with Crippen molar-refractivity contribution in [2.75, 3.05) is 0 Å². The minimum atomic E-state index is -1.09. The van der Waals surface area contributed by atoms with Gasteiger partial charge >= 0.3 is 5.97 Å². The van der Waals surface area contributed by atoms with Gasteiger partial charge in [-0.1, -0.05) is 40.2 Å². The lowest BCUT2D eigenvalue weighted by atomic mass is 10.2. The summed E-state index contributed by atoms with van der Waals surface area (Å²) in [6.07, 6.45) is 0.380. The van der Waals surface area contributed by atoms with Gasteiger partial charge in [0, 0.05) is 15.4 Å². The smallest absolute Gasteiger partial charge is 0.344 e. The first-order chi connectivity index (χ1) is 16.9. The predicted octanol–water partition coefficient (Wildman–Crippen LogP) is 5.31. The normalized spacial score (nSPS) is 12.4. The first kappa shape index (κ1) is 22.5. The van der Waals surface area contributed by atoms with E-state index < -0.39 is 12.1 Å². The summed E-state index contributed by atoms with van der Waals surface area (Å²) in [6, 6.07) is 21.2. The molecule has 9 heteroatoms. The second-order valence-electron chi connectivity index (χ2n) is 7.74. The molecule has 0 aliphatic heterocycles. The Morgan fingerprint density at radius 2 is 1.91 bits per heavy atom. The number of para-hydroxylation sites is 2. The summed E-state index contributed by atoms with van der Waals surface area (Å²) in [6.45, 7) is 1.44. The van der Waals surface area contributed by atoms with Gasteiger partial charge in [0.15, 0.2) is 11.9 Å². The summed E-state index contributed by atoms with van der Waals surface area (Å²) < 4.78 is 13.6. The van der Waals surface area contributed by atoms with Crippen molar-refractivity contribution in [2.45, 2.75) is 13.0 Å². The predicted molar refractivity (Wildman–Crippen MR) is 136 cm³/mol. The average Bonchev–Trinajstić information content (AvgIpc) is 3.27. The van der Waals surface area contributed by atoms with E-state index in [4.69, 9.17) is 9.15 Å². The van der Waals surface area contributed by atoms with Crippen LogP contribution in [0.25, 0.3) is 33.5 Å². The molecule has 1 N–H and O–H groups in total. The highest BCUT2D eigenvalue weighted by Gasteiger charge is 2.17. The quantitative estimate of drug-likeness (QED) is 0.297. The Morgan fingerprint density at radius 1 is 1.14 bits per heavy atom. The fourth-order valence-corrected chi connectivity index (χ4v) is 3.95. The number of benzene rings is 3. The Morgan fingerprint density at radius 3 is 2.74 bits per heavy atom. The van der Waals surface area contributed by atoms with Gasteiger partial charge in [0.25, 0.3) is 5.56 Å². The molecule has 35 heavy (non-hydrogen) atoms. The van der Waals surface area contributed by atoms with E-state index in [2.05, 4.69) is 26.0 Å². The van der Waals surface area contributed by atoms with E-state index in [9.17, 15) is 14.7 Å². The third kappa shape index (κ3) is 4.45. The topological polar surface area (TPSA) is 107 Å². The maximum atomic E-state index is 13.4. The van der Waals surface area contributed by atoms with E-state index >= 15 is 0 Å². The van der Waals surface area contributed by atoms with Crippen LogP contribution in [0.2, 0.25) is 0 Å². The molecule has 0 bridgehead atoms. The van der Waals surface area contributed by atoms with Crippen LogP contribution < -0.4 is 10.3 Å². The van der Waals surface area contributed by atoms with Crippen LogP contribution in [0.4, 0.5) is 0 Å². The van der Waals surface area contributed by atoms with E-state index in [0.29, 0.717) is 33.6 Å². The Bertz CT molecular complexity index is 1670. The summed E-state index contributed by atoms with van der Waals surface area (Å²) >= 11 is 3.46. The summed E-state index contributed by atoms with van der Waals surface area (Å²) in [5, 5.41) is 14.9. The number of ether oxygens (including phenoxy) is 1. The van der Waals surface area contributed by atoms with Gasteiger partial charge in [-0.25, -0.2) is 9.78 Å². The molecule has 0 aliphatic rings. The van der Waals surface area contributed by atoms with Crippen LogP contribution >= 0.6 is 15.9 Å². The molecule has 5 aromatic rings. The number of rotatable bonds is 6. The highest BCUT2D eigenvalue weighted by molar-refractivity contribution is 9.10. The fraction of sp³-hybridized carbons (Fsp3) is 0.0769. The van der Waals surface area contributed by atoms with Gasteiger partial charge in [-0.05, 0) is 55.5 Å². The number of carboxylic acid groups (broad SMARTS) is 1. The van der Waals surface area contributed by atoms with E-state index in [1.54, 1.807) is 54.6 Å². The molecule has 5 rings (SSSR count). The van der Waals surface area contributed by atoms with Crippen molar-refractivity contribution >= 4 is 50.0 Å². The number of nitrogens with zero attached hydrogens (tertiary/aromatic N) is 3. The van der Waals surface area contributed by atoms with Crippen LogP contribution in [-0.4, -0.2) is 33.1 Å². The average molecular weight is 532 g/mol. The van der Waals surface area contributed by atoms with E-state index in [-0.39, 0.29) is 11.4 Å². The van der Waals surface area contributed by atoms with Crippen molar-refractivity contribution in [1.29, 1.82) is 0 Å². The van der Waals surface area contributed by atoms with Gasteiger partial charge in [0.05, 0.1) is 17.1 Å². The van der Waals surface area contributed by atoms with Gasteiger partial charge in [-0.15, -0.1) is 0 Å². The molecule has 0 radical (unpaired) electrons. The Kier molecular flexibility index (Phi) is 5.92. The molecule has 0 amide bonds. The molecule has 1 atom stereocenters. The maximum absolute atomic E-state index is 13.4. The summed E-state index contributed by atoms with van der Waals surface area (Å²) in [7, 11) is 0. The number of aromatic nitrogens is 2. The second-order valence-corrected chi connectivity index (χ2v) is 8.66. The zero-order valence-corrected chi connectivity index (χ0v) is 20.0. The molecule has 0 saturated heterocycles. The molecular formula is C26H18BrN3O5. The third-order valence-corrected chi connectivity index (χ3v) is 5.83. The van der Waals surface area contributed by atoms with Crippen LogP contribution in [0.15, 0.2) is 91.6 Å². The number of halogens is 1. The van der Waals surface area contributed by atoms with Crippen molar-refractivity contribution < 1.29 is 19.1 Å². The molecule has 0 unspecified atom stereocenters. The Labute approximate surface area is 207 Å². The summed E-state index contributed by atoms with van der Waals surface area (Å²) in [4.78, 5) is 29.3. The number of hydrogen-bond acceptors (Lipinski definition) is 6. The highest BCUT2D eigenvalue weighted by Crippen LogP contribution is 2.29. The zero-order chi connectivity index (χ0) is 24.5. The molecular weight excluding hydrogens is 514 g/mol. The van der Waals surface area contributed by atoms with E-state index in [0.717, 1.165) is 9.86 Å². The largest absolute Gasteiger partial charge is 0.479 e. The molecule has 8 nitrogen and oxygen atoms in total. The third-order valence-electron chi connectivity index (χ3n) is 5.34. The lowest BCUT2D eigenvalue weighted by molar-refractivity contribution is -0.144. The van der Waals surface area contributed by atoms with Crippen LogP contribution in [0, 0.1) is 0 Å². The maximum Gasteiger partial charge on any atom is 0.344 e. The van der Waals surface area contributed by atoms with E-state index in [1.165, 1.54) is 17.8 Å². The van der Waals surface area contributed by atoms with E-state index in [1.807, 2.05) is 18.2 Å². The fourth-order valence-electron chi connectivity index (χ4n) is 3.57. The number of hydrogen-bond donors (Lipinski definition) is 1. The monoisotopic (exact) mass is 531 g/mol. The molecule has 0 fully saturated rings. The minimum Gasteiger partial charge on any atom is -0.479 e. The zero-order valence-electron chi connectivity index (χ0n) is 18.4. The van der Waals surface area contributed by atoms with Gasteiger partial charge in [0.1, 0.15) is 11.3 Å². The molecule has 3 aromatic carbocycles. The minimum absolute atomic E-state index is 0.231. The van der Waals surface area contributed by atoms with Crippen molar-refractivity contribution in [3.05, 3.63) is 93.2 Å². The summed E-state index contributed by atoms with van der Waals surface area (Å²) in [5.41, 5.74) is 1.28. The van der Waals surface area contributed by atoms with Crippen molar-refractivity contribution in [1.82, 2.24) is 9.66 Å². The molecule has 2 heterocycles. The first-order valence-electron chi connectivity index (χ1n) is 10.6.